The molecule has 0 saturated carbocycles. The number of carbonyl (C=O) groups is 2. The van der Waals surface area contributed by atoms with Crippen molar-refractivity contribution >= 4 is 22.8 Å². The number of aliphatic carboxylic acids is 1. The molecule has 0 fully saturated rings. The molecule has 0 unspecified atom stereocenters. The fraction of sp³-hybridized carbons (Fsp3) is 0.444. The number of amides is 1. The van der Waals surface area contributed by atoms with Crippen LogP contribution in [0, 0.1) is 5.92 Å². The topological polar surface area (TPSA) is 62.5 Å². The Morgan fingerprint density at radius 1 is 1.26 bits per heavy atom. The number of carbonyl (C=O) groups excluding carboxylic acids is 1. The first-order valence-electron chi connectivity index (χ1n) is 7.98. The highest BCUT2D eigenvalue weighted by atomic mass is 16.4. The normalized spacial score (nSPS) is 11.1. The van der Waals surface area contributed by atoms with Crippen LogP contribution in [0.25, 0.3) is 10.9 Å². The number of nitrogens with zero attached hydrogens (tertiary/aromatic N) is 2. The third-order valence-electron chi connectivity index (χ3n) is 3.82. The first-order valence-corrected chi connectivity index (χ1v) is 7.98. The van der Waals surface area contributed by atoms with Crippen LogP contribution in [-0.4, -0.2) is 39.5 Å². The number of aryl methyl sites for hydroxylation is 1. The van der Waals surface area contributed by atoms with Crippen LogP contribution in [0.2, 0.25) is 0 Å². The van der Waals surface area contributed by atoms with Crippen LogP contribution >= 0.6 is 0 Å². The van der Waals surface area contributed by atoms with Crippen LogP contribution in [0.15, 0.2) is 30.5 Å². The van der Waals surface area contributed by atoms with Crippen molar-refractivity contribution in [2.24, 2.45) is 5.92 Å². The third kappa shape index (κ3) is 4.12. The Morgan fingerprint density at radius 3 is 2.57 bits per heavy atom. The molecular formula is C18H24N2O3. The molecule has 1 aromatic heterocycles. The Labute approximate surface area is 136 Å². The maximum Gasteiger partial charge on any atom is 0.323 e. The highest BCUT2D eigenvalue weighted by Crippen LogP contribution is 2.22. The summed E-state index contributed by atoms with van der Waals surface area (Å²) in [7, 11) is 0. The Kier molecular flexibility index (Phi) is 5.42. The lowest BCUT2D eigenvalue weighted by molar-refractivity contribution is -0.144. The first kappa shape index (κ1) is 17.1. The number of rotatable bonds is 7. The van der Waals surface area contributed by atoms with Gasteiger partial charge >= 0.3 is 5.97 Å². The summed E-state index contributed by atoms with van der Waals surface area (Å²) in [6.07, 6.45) is 2.23. The van der Waals surface area contributed by atoms with E-state index < -0.39 is 5.97 Å². The maximum atomic E-state index is 12.6. The molecule has 1 N–H and O–H groups in total. The van der Waals surface area contributed by atoms with Crippen molar-refractivity contribution in [3.8, 4) is 0 Å². The minimum atomic E-state index is -0.977. The van der Waals surface area contributed by atoms with Gasteiger partial charge in [0.2, 0.25) is 5.91 Å². The predicted octanol–water partition coefficient (Wildman–Crippen LogP) is 2.77. The van der Waals surface area contributed by atoms with E-state index in [1.54, 1.807) is 0 Å². The summed E-state index contributed by atoms with van der Waals surface area (Å²) < 4.78 is 2.11. The van der Waals surface area contributed by atoms with Gasteiger partial charge in [0.05, 0.1) is 6.42 Å². The smallest absolute Gasteiger partial charge is 0.323 e. The summed E-state index contributed by atoms with van der Waals surface area (Å²) >= 11 is 0. The number of hydrogen-bond donors (Lipinski definition) is 1. The molecule has 1 heterocycles. The first-order chi connectivity index (χ1) is 10.9. The summed E-state index contributed by atoms with van der Waals surface area (Å²) in [6, 6.07) is 7.99. The van der Waals surface area contributed by atoms with Crippen molar-refractivity contribution in [3.05, 3.63) is 36.0 Å². The molecule has 0 aliphatic carbocycles. The summed E-state index contributed by atoms with van der Waals surface area (Å²) in [5.41, 5.74) is 2.05. The fourth-order valence-corrected chi connectivity index (χ4v) is 2.86. The number of hydrogen-bond acceptors (Lipinski definition) is 2. The van der Waals surface area contributed by atoms with Gasteiger partial charge in [0.15, 0.2) is 0 Å². The van der Waals surface area contributed by atoms with Gasteiger partial charge in [0, 0.05) is 30.2 Å². The van der Waals surface area contributed by atoms with Crippen molar-refractivity contribution in [3.63, 3.8) is 0 Å². The zero-order valence-electron chi connectivity index (χ0n) is 14.0. The van der Waals surface area contributed by atoms with E-state index in [0.29, 0.717) is 6.54 Å². The zero-order chi connectivity index (χ0) is 17.0. The predicted molar refractivity (Wildman–Crippen MR) is 90.4 cm³/mol. The molecule has 0 radical (unpaired) electrons. The quantitative estimate of drug-likeness (QED) is 0.854. The Bertz CT molecular complexity index is 703. The van der Waals surface area contributed by atoms with Gasteiger partial charge in [-0.3, -0.25) is 9.59 Å². The van der Waals surface area contributed by atoms with Gasteiger partial charge in [-0.25, -0.2) is 0 Å². The van der Waals surface area contributed by atoms with Gasteiger partial charge in [0.1, 0.15) is 6.54 Å². The SMILES string of the molecule is CCn1cc(CC(=O)N(CC(=O)O)CC(C)C)c2ccccc21. The summed E-state index contributed by atoms with van der Waals surface area (Å²) in [5.74, 6) is -0.884. The van der Waals surface area contributed by atoms with Crippen molar-refractivity contribution in [1.29, 1.82) is 0 Å². The summed E-state index contributed by atoms with van der Waals surface area (Å²) in [4.78, 5) is 25.0. The molecule has 2 aromatic rings. The molecule has 1 aromatic carbocycles. The van der Waals surface area contributed by atoms with Gasteiger partial charge in [-0.15, -0.1) is 0 Å². The molecule has 124 valence electrons. The maximum absolute atomic E-state index is 12.6. The molecule has 0 atom stereocenters. The van der Waals surface area contributed by atoms with Crippen LogP contribution < -0.4 is 0 Å². The van der Waals surface area contributed by atoms with Gasteiger partial charge in [-0.2, -0.15) is 0 Å². The molecule has 0 bridgehead atoms. The number of fused-ring (bicyclic) bond motifs is 1. The summed E-state index contributed by atoms with van der Waals surface area (Å²) in [5, 5.41) is 10.1. The van der Waals surface area contributed by atoms with Crippen molar-refractivity contribution in [2.45, 2.75) is 33.7 Å². The van der Waals surface area contributed by atoms with E-state index in [4.69, 9.17) is 5.11 Å². The van der Waals surface area contributed by atoms with Gasteiger partial charge in [-0.05, 0) is 24.5 Å². The van der Waals surface area contributed by atoms with E-state index in [9.17, 15) is 9.59 Å². The molecule has 1 amide bonds. The third-order valence-corrected chi connectivity index (χ3v) is 3.82. The van der Waals surface area contributed by atoms with E-state index in [1.807, 2.05) is 44.3 Å². The number of benzene rings is 1. The van der Waals surface area contributed by atoms with Crippen LogP contribution in [0.3, 0.4) is 0 Å². The molecule has 0 aliphatic heterocycles. The Hall–Kier alpha value is -2.30. The fourth-order valence-electron chi connectivity index (χ4n) is 2.86. The zero-order valence-corrected chi connectivity index (χ0v) is 14.0. The number of carboxylic acids is 1. The second kappa shape index (κ2) is 7.31. The monoisotopic (exact) mass is 316 g/mol. The summed E-state index contributed by atoms with van der Waals surface area (Å²) in [6.45, 7) is 7.06. The van der Waals surface area contributed by atoms with E-state index >= 15 is 0 Å². The van der Waals surface area contributed by atoms with E-state index in [-0.39, 0.29) is 24.8 Å². The van der Waals surface area contributed by atoms with Crippen LogP contribution in [0.1, 0.15) is 26.3 Å². The molecule has 5 heteroatoms. The number of aromatic nitrogens is 1. The van der Waals surface area contributed by atoms with Crippen LogP contribution in [0.4, 0.5) is 0 Å². The molecule has 0 saturated heterocycles. The highest BCUT2D eigenvalue weighted by molar-refractivity contribution is 5.90. The minimum Gasteiger partial charge on any atom is -0.480 e. The Balaban J connectivity index is 2.25. The van der Waals surface area contributed by atoms with Gasteiger partial charge in [-0.1, -0.05) is 32.0 Å². The molecule has 2 rings (SSSR count). The lowest BCUT2D eigenvalue weighted by Gasteiger charge is -2.22. The van der Waals surface area contributed by atoms with E-state index in [0.717, 1.165) is 23.0 Å². The second-order valence-electron chi connectivity index (χ2n) is 6.20. The van der Waals surface area contributed by atoms with Crippen LogP contribution in [-0.2, 0) is 22.6 Å². The van der Waals surface area contributed by atoms with Crippen molar-refractivity contribution in [1.82, 2.24) is 9.47 Å². The highest BCUT2D eigenvalue weighted by Gasteiger charge is 2.20. The van der Waals surface area contributed by atoms with E-state index in [2.05, 4.69) is 11.5 Å². The van der Waals surface area contributed by atoms with Crippen molar-refractivity contribution < 1.29 is 14.7 Å². The van der Waals surface area contributed by atoms with Crippen LogP contribution in [0.5, 0.6) is 0 Å². The number of carboxylic acid groups (broad SMARTS) is 1. The lowest BCUT2D eigenvalue weighted by Crippen LogP contribution is -2.39. The Morgan fingerprint density at radius 2 is 1.96 bits per heavy atom. The molecule has 0 aliphatic rings. The van der Waals surface area contributed by atoms with E-state index in [1.165, 1.54) is 4.90 Å². The van der Waals surface area contributed by atoms with Crippen molar-refractivity contribution in [2.75, 3.05) is 13.1 Å². The molecule has 5 nitrogen and oxygen atoms in total. The molecule has 23 heavy (non-hydrogen) atoms. The average molecular weight is 316 g/mol. The average Bonchev–Trinajstić information content (AvgIpc) is 2.84. The standard InChI is InChI=1S/C18H24N2O3/c1-4-19-11-14(15-7-5-6-8-16(15)19)9-17(21)20(10-13(2)3)12-18(22)23/h5-8,11,13H,4,9-10,12H2,1-3H3,(H,22,23). The lowest BCUT2D eigenvalue weighted by atomic mass is 10.1. The van der Waals surface area contributed by atoms with Gasteiger partial charge < -0.3 is 14.6 Å². The van der Waals surface area contributed by atoms with Gasteiger partial charge in [0.25, 0.3) is 0 Å². The molecule has 0 spiro atoms. The second-order valence-corrected chi connectivity index (χ2v) is 6.20. The molecular weight excluding hydrogens is 292 g/mol. The number of para-hydroxylation sites is 1. The largest absolute Gasteiger partial charge is 0.480 e. The minimum absolute atomic E-state index is 0.139.